The SMILES string of the molecule is COc1ccc(OCc2ccccc2)c(F)c1Cl. The van der Waals surface area contributed by atoms with E-state index in [-0.39, 0.29) is 10.8 Å². The van der Waals surface area contributed by atoms with Gasteiger partial charge in [-0.15, -0.1) is 0 Å². The van der Waals surface area contributed by atoms with Gasteiger partial charge < -0.3 is 9.47 Å². The molecule has 0 aliphatic rings. The average molecular weight is 267 g/mol. The van der Waals surface area contributed by atoms with Crippen molar-refractivity contribution in [3.05, 3.63) is 58.9 Å². The van der Waals surface area contributed by atoms with Gasteiger partial charge in [0.25, 0.3) is 0 Å². The zero-order valence-corrected chi connectivity index (χ0v) is 10.6. The van der Waals surface area contributed by atoms with Crippen molar-refractivity contribution < 1.29 is 13.9 Å². The smallest absolute Gasteiger partial charge is 0.187 e. The van der Waals surface area contributed by atoms with Crippen molar-refractivity contribution >= 4 is 11.6 Å². The van der Waals surface area contributed by atoms with Gasteiger partial charge in [-0.1, -0.05) is 41.9 Å². The van der Waals surface area contributed by atoms with Crippen molar-refractivity contribution in [2.45, 2.75) is 6.61 Å². The van der Waals surface area contributed by atoms with Crippen LogP contribution in [0.1, 0.15) is 5.56 Å². The first-order valence-electron chi connectivity index (χ1n) is 5.41. The predicted molar refractivity (Wildman–Crippen MR) is 68.7 cm³/mol. The molecule has 0 radical (unpaired) electrons. The highest BCUT2D eigenvalue weighted by molar-refractivity contribution is 6.32. The minimum absolute atomic E-state index is 0.0666. The second-order valence-electron chi connectivity index (χ2n) is 3.67. The molecular weight excluding hydrogens is 255 g/mol. The number of benzene rings is 2. The fourth-order valence-electron chi connectivity index (χ4n) is 1.52. The fraction of sp³-hybridized carbons (Fsp3) is 0.143. The molecule has 0 bridgehead atoms. The lowest BCUT2D eigenvalue weighted by Crippen LogP contribution is -1.98. The minimum Gasteiger partial charge on any atom is -0.495 e. The molecule has 4 heteroatoms. The van der Waals surface area contributed by atoms with Crippen molar-refractivity contribution in [1.29, 1.82) is 0 Å². The van der Waals surface area contributed by atoms with Crippen molar-refractivity contribution in [2.24, 2.45) is 0 Å². The van der Waals surface area contributed by atoms with E-state index in [0.29, 0.717) is 12.4 Å². The van der Waals surface area contributed by atoms with Gasteiger partial charge in [-0.3, -0.25) is 0 Å². The van der Waals surface area contributed by atoms with Crippen LogP contribution in [0.25, 0.3) is 0 Å². The van der Waals surface area contributed by atoms with Crippen molar-refractivity contribution in [3.8, 4) is 11.5 Å². The highest BCUT2D eigenvalue weighted by Crippen LogP contribution is 2.33. The number of rotatable bonds is 4. The van der Waals surface area contributed by atoms with Gasteiger partial charge in [0, 0.05) is 0 Å². The summed E-state index contributed by atoms with van der Waals surface area (Å²) < 4.78 is 24.1. The first kappa shape index (κ1) is 12.7. The molecule has 0 atom stereocenters. The molecule has 0 aliphatic heterocycles. The summed E-state index contributed by atoms with van der Waals surface area (Å²) in [6.45, 7) is 0.292. The Morgan fingerprint density at radius 2 is 1.72 bits per heavy atom. The molecular formula is C14H12ClFO2. The minimum atomic E-state index is -0.605. The molecule has 0 aromatic heterocycles. The molecule has 94 valence electrons. The Hall–Kier alpha value is -1.74. The summed E-state index contributed by atoms with van der Waals surface area (Å²) in [6.07, 6.45) is 0. The zero-order chi connectivity index (χ0) is 13.0. The third kappa shape index (κ3) is 2.74. The second-order valence-corrected chi connectivity index (χ2v) is 4.05. The third-order valence-electron chi connectivity index (χ3n) is 2.47. The zero-order valence-electron chi connectivity index (χ0n) is 9.82. The van der Waals surface area contributed by atoms with Crippen LogP contribution in [0, 0.1) is 5.82 Å². The average Bonchev–Trinajstić information content (AvgIpc) is 2.42. The molecule has 0 saturated heterocycles. The van der Waals surface area contributed by atoms with Crippen LogP contribution in [-0.4, -0.2) is 7.11 Å². The molecule has 0 amide bonds. The highest BCUT2D eigenvalue weighted by atomic mass is 35.5. The van der Waals surface area contributed by atoms with Crippen LogP contribution in [-0.2, 0) is 6.61 Å². The topological polar surface area (TPSA) is 18.5 Å². The lowest BCUT2D eigenvalue weighted by molar-refractivity contribution is 0.289. The molecule has 0 N–H and O–H groups in total. The van der Waals surface area contributed by atoms with Crippen LogP contribution in [0.4, 0.5) is 4.39 Å². The van der Waals surface area contributed by atoms with Crippen LogP contribution in [0.3, 0.4) is 0 Å². The number of methoxy groups -OCH3 is 1. The quantitative estimate of drug-likeness (QED) is 0.831. The number of halogens is 2. The lowest BCUT2D eigenvalue weighted by atomic mass is 10.2. The summed E-state index contributed by atoms with van der Waals surface area (Å²) >= 11 is 5.80. The second kappa shape index (κ2) is 5.74. The summed E-state index contributed by atoms with van der Waals surface area (Å²) in [5, 5.41) is -0.0666. The largest absolute Gasteiger partial charge is 0.495 e. The Balaban J connectivity index is 2.13. The molecule has 2 nitrogen and oxygen atoms in total. The molecule has 0 saturated carbocycles. The van der Waals surface area contributed by atoms with E-state index >= 15 is 0 Å². The highest BCUT2D eigenvalue weighted by Gasteiger charge is 2.13. The van der Waals surface area contributed by atoms with Crippen LogP contribution in [0.2, 0.25) is 5.02 Å². The number of hydrogen-bond acceptors (Lipinski definition) is 2. The van der Waals surface area contributed by atoms with Crippen molar-refractivity contribution in [2.75, 3.05) is 7.11 Å². The Labute approximate surface area is 110 Å². The van der Waals surface area contributed by atoms with Gasteiger partial charge in [-0.2, -0.15) is 0 Å². The normalized spacial score (nSPS) is 10.2. The van der Waals surface area contributed by atoms with E-state index in [1.54, 1.807) is 6.07 Å². The Morgan fingerprint density at radius 3 is 2.39 bits per heavy atom. The van der Waals surface area contributed by atoms with Gasteiger partial charge in [-0.25, -0.2) is 4.39 Å². The Kier molecular flexibility index (Phi) is 4.05. The lowest BCUT2D eigenvalue weighted by Gasteiger charge is -2.10. The van der Waals surface area contributed by atoms with E-state index in [1.165, 1.54) is 13.2 Å². The van der Waals surface area contributed by atoms with E-state index in [2.05, 4.69) is 0 Å². The van der Waals surface area contributed by atoms with E-state index in [0.717, 1.165) is 5.56 Å². The van der Waals surface area contributed by atoms with Crippen LogP contribution in [0.5, 0.6) is 11.5 Å². The summed E-state index contributed by atoms with van der Waals surface area (Å²) in [4.78, 5) is 0. The van der Waals surface area contributed by atoms with E-state index in [9.17, 15) is 4.39 Å². The van der Waals surface area contributed by atoms with Gasteiger partial charge in [0.2, 0.25) is 0 Å². The van der Waals surface area contributed by atoms with Gasteiger partial charge >= 0.3 is 0 Å². The Morgan fingerprint density at radius 1 is 1.06 bits per heavy atom. The summed E-state index contributed by atoms with van der Waals surface area (Å²) in [5.74, 6) is -0.196. The van der Waals surface area contributed by atoms with E-state index in [4.69, 9.17) is 21.1 Å². The van der Waals surface area contributed by atoms with Crippen LogP contribution < -0.4 is 9.47 Å². The third-order valence-corrected chi connectivity index (χ3v) is 2.82. The number of hydrogen-bond donors (Lipinski definition) is 0. The molecule has 2 rings (SSSR count). The first-order valence-corrected chi connectivity index (χ1v) is 5.79. The van der Waals surface area contributed by atoms with E-state index < -0.39 is 5.82 Å². The molecule has 0 aliphatic carbocycles. The summed E-state index contributed by atoms with van der Waals surface area (Å²) in [7, 11) is 1.44. The fourth-order valence-corrected chi connectivity index (χ4v) is 1.75. The van der Waals surface area contributed by atoms with Crippen LogP contribution >= 0.6 is 11.6 Å². The standard InChI is InChI=1S/C14H12ClFO2/c1-17-11-7-8-12(14(16)13(11)15)18-9-10-5-3-2-4-6-10/h2-8H,9H2,1H3. The van der Waals surface area contributed by atoms with Crippen LogP contribution in [0.15, 0.2) is 42.5 Å². The maximum atomic E-state index is 13.8. The molecule has 18 heavy (non-hydrogen) atoms. The summed E-state index contributed by atoms with van der Waals surface area (Å²) in [6, 6.07) is 12.6. The Bertz CT molecular complexity index is 529. The molecule has 0 fully saturated rings. The molecule has 0 heterocycles. The molecule has 0 spiro atoms. The van der Waals surface area contributed by atoms with Crippen molar-refractivity contribution in [3.63, 3.8) is 0 Å². The first-order chi connectivity index (χ1) is 8.72. The summed E-state index contributed by atoms with van der Waals surface area (Å²) in [5.41, 5.74) is 0.962. The number of ether oxygens (including phenoxy) is 2. The monoisotopic (exact) mass is 266 g/mol. The molecule has 2 aromatic carbocycles. The molecule has 0 unspecified atom stereocenters. The van der Waals surface area contributed by atoms with Gasteiger partial charge in [-0.05, 0) is 17.7 Å². The maximum Gasteiger partial charge on any atom is 0.187 e. The predicted octanol–water partition coefficient (Wildman–Crippen LogP) is 4.07. The maximum absolute atomic E-state index is 13.8. The van der Waals surface area contributed by atoms with Gasteiger partial charge in [0.1, 0.15) is 17.4 Å². The van der Waals surface area contributed by atoms with E-state index in [1.807, 2.05) is 30.3 Å². The van der Waals surface area contributed by atoms with Gasteiger partial charge in [0.05, 0.1) is 7.11 Å². The van der Waals surface area contributed by atoms with Gasteiger partial charge in [0.15, 0.2) is 11.6 Å². The molecule has 2 aromatic rings. The van der Waals surface area contributed by atoms with Crippen molar-refractivity contribution in [1.82, 2.24) is 0 Å².